The lowest BCUT2D eigenvalue weighted by atomic mass is 9.92. The molecule has 0 saturated carbocycles. The number of ether oxygens (including phenoxy) is 1. The molecule has 9 nitrogen and oxygen atoms in total. The van der Waals surface area contributed by atoms with Crippen LogP contribution in [0.25, 0.3) is 0 Å². The Bertz CT molecular complexity index is 1550. The highest BCUT2D eigenvalue weighted by Gasteiger charge is 2.50. The number of anilines is 2. The van der Waals surface area contributed by atoms with Crippen LogP contribution in [-0.4, -0.2) is 62.5 Å². The quantitative estimate of drug-likeness (QED) is 0.378. The number of hydrogen-bond donors (Lipinski definition) is 1. The van der Waals surface area contributed by atoms with Crippen molar-refractivity contribution in [1.82, 2.24) is 19.9 Å². The third kappa shape index (κ3) is 6.53. The average Bonchev–Trinajstić information content (AvgIpc) is 3.52. The van der Waals surface area contributed by atoms with Crippen LogP contribution < -0.4 is 10.2 Å². The molecule has 3 heterocycles. The van der Waals surface area contributed by atoms with E-state index in [-0.39, 0.29) is 37.2 Å². The molecular weight excluding hydrogens is 573 g/mol. The summed E-state index contributed by atoms with van der Waals surface area (Å²) in [4.78, 5) is 29.2. The number of carbonyl (C=O) groups is 2. The maximum absolute atomic E-state index is 15.5. The molecule has 2 aliphatic rings. The molecule has 1 fully saturated rings. The lowest BCUT2D eigenvalue weighted by Gasteiger charge is -2.40. The molecule has 1 N–H and O–H groups in total. The Labute approximate surface area is 255 Å². The predicted molar refractivity (Wildman–Crippen MR) is 160 cm³/mol. The van der Waals surface area contributed by atoms with Gasteiger partial charge in [-0.2, -0.15) is 0 Å². The number of nitrogens with zero attached hydrogens (tertiary/aromatic N) is 5. The Morgan fingerprint density at radius 2 is 1.84 bits per heavy atom. The molecule has 2 atom stereocenters. The molecule has 0 radical (unpaired) electrons. The van der Waals surface area contributed by atoms with Gasteiger partial charge in [0.15, 0.2) is 0 Å². The molecule has 0 aliphatic carbocycles. The van der Waals surface area contributed by atoms with Gasteiger partial charge >= 0.3 is 6.09 Å². The Morgan fingerprint density at radius 1 is 1.14 bits per heavy atom. The van der Waals surface area contributed by atoms with E-state index < -0.39 is 47.8 Å². The first-order valence-electron chi connectivity index (χ1n) is 14.8. The van der Waals surface area contributed by atoms with Crippen molar-refractivity contribution in [2.24, 2.45) is 5.92 Å². The Kier molecular flexibility index (Phi) is 8.39. The molecule has 2 unspecified atom stereocenters. The number of hydrogen-bond acceptors (Lipinski definition) is 6. The van der Waals surface area contributed by atoms with Crippen molar-refractivity contribution in [3.05, 3.63) is 70.3 Å². The SMILES string of the molecule is Cc1cc(F)c2c(c1)N(C(=O)OC(C)(C)C)C(C(=O)N1CCC(Cn3cc(CNc4c(C)cccc4C)nn3)C(F)(F)C1)C2. The zero-order chi connectivity index (χ0) is 32.0. The maximum atomic E-state index is 15.5. The molecule has 5 rings (SSSR count). The maximum Gasteiger partial charge on any atom is 0.415 e. The van der Waals surface area contributed by atoms with Gasteiger partial charge in [-0.15, -0.1) is 5.10 Å². The first-order valence-corrected chi connectivity index (χ1v) is 14.8. The molecule has 12 heteroatoms. The van der Waals surface area contributed by atoms with E-state index in [1.54, 1.807) is 40.0 Å². The summed E-state index contributed by atoms with van der Waals surface area (Å²) >= 11 is 0. The van der Waals surface area contributed by atoms with Gasteiger partial charge in [-0.05, 0) is 76.8 Å². The summed E-state index contributed by atoms with van der Waals surface area (Å²) in [6.45, 7) is 10.3. The van der Waals surface area contributed by atoms with Crippen LogP contribution in [0.4, 0.5) is 29.3 Å². The number of aromatic nitrogens is 3. The molecule has 2 aromatic carbocycles. The largest absolute Gasteiger partial charge is 0.443 e. The van der Waals surface area contributed by atoms with Gasteiger partial charge in [0.1, 0.15) is 23.2 Å². The molecule has 0 spiro atoms. The Morgan fingerprint density at radius 3 is 2.50 bits per heavy atom. The monoisotopic (exact) mass is 612 g/mol. The molecule has 1 aromatic heterocycles. The third-order valence-corrected chi connectivity index (χ3v) is 8.14. The van der Waals surface area contributed by atoms with Crippen molar-refractivity contribution in [1.29, 1.82) is 0 Å². The highest BCUT2D eigenvalue weighted by molar-refractivity contribution is 6.01. The van der Waals surface area contributed by atoms with Crippen molar-refractivity contribution in [3.8, 4) is 0 Å². The third-order valence-electron chi connectivity index (χ3n) is 8.14. The molecule has 1 saturated heterocycles. The van der Waals surface area contributed by atoms with E-state index in [1.807, 2.05) is 32.0 Å². The van der Waals surface area contributed by atoms with Crippen molar-refractivity contribution in [2.75, 3.05) is 23.3 Å². The number of para-hydroxylation sites is 1. The summed E-state index contributed by atoms with van der Waals surface area (Å²) in [5, 5.41) is 11.6. The van der Waals surface area contributed by atoms with Gasteiger partial charge in [0, 0.05) is 30.1 Å². The summed E-state index contributed by atoms with van der Waals surface area (Å²) in [6, 6.07) is 7.74. The molecule has 0 bridgehead atoms. The smallest absolute Gasteiger partial charge is 0.415 e. The number of aryl methyl sites for hydroxylation is 3. The fourth-order valence-corrected chi connectivity index (χ4v) is 5.97. The van der Waals surface area contributed by atoms with Crippen LogP contribution in [0.5, 0.6) is 0 Å². The zero-order valence-corrected chi connectivity index (χ0v) is 26.0. The minimum absolute atomic E-state index is 0.0220. The zero-order valence-electron chi connectivity index (χ0n) is 26.0. The highest BCUT2D eigenvalue weighted by atomic mass is 19.3. The minimum Gasteiger partial charge on any atom is -0.443 e. The number of carbonyl (C=O) groups excluding carboxylic acids is 2. The first-order chi connectivity index (χ1) is 20.6. The van der Waals surface area contributed by atoms with Crippen molar-refractivity contribution >= 4 is 23.4 Å². The van der Waals surface area contributed by atoms with E-state index in [0.717, 1.165) is 26.6 Å². The fraction of sp³-hybridized carbons (Fsp3) is 0.500. The number of piperidine rings is 1. The number of halogens is 3. The number of fused-ring (bicyclic) bond motifs is 1. The Balaban J connectivity index is 1.26. The predicted octanol–water partition coefficient (Wildman–Crippen LogP) is 5.80. The van der Waals surface area contributed by atoms with Crippen LogP contribution in [0.15, 0.2) is 36.5 Å². The summed E-state index contributed by atoms with van der Waals surface area (Å²) in [5.41, 5.74) is 3.91. The van der Waals surface area contributed by atoms with E-state index >= 15 is 8.78 Å². The van der Waals surface area contributed by atoms with Crippen LogP contribution in [0.2, 0.25) is 0 Å². The number of likely N-dealkylation sites (tertiary alicyclic amines) is 1. The summed E-state index contributed by atoms with van der Waals surface area (Å²) < 4.78 is 53.0. The summed E-state index contributed by atoms with van der Waals surface area (Å²) in [7, 11) is 0. The van der Waals surface area contributed by atoms with Crippen LogP contribution >= 0.6 is 0 Å². The van der Waals surface area contributed by atoms with Gasteiger partial charge in [-0.3, -0.25) is 14.4 Å². The van der Waals surface area contributed by atoms with Gasteiger partial charge in [0.05, 0.1) is 31.5 Å². The molecule has 2 aliphatic heterocycles. The van der Waals surface area contributed by atoms with E-state index in [0.29, 0.717) is 17.8 Å². The second-order valence-corrected chi connectivity index (χ2v) is 12.9. The average molecular weight is 613 g/mol. The number of benzene rings is 2. The van der Waals surface area contributed by atoms with Crippen molar-refractivity contribution < 1.29 is 27.5 Å². The van der Waals surface area contributed by atoms with E-state index in [4.69, 9.17) is 4.74 Å². The lowest BCUT2D eigenvalue weighted by Crippen LogP contribution is -2.57. The second-order valence-electron chi connectivity index (χ2n) is 12.9. The van der Waals surface area contributed by atoms with Gasteiger partial charge in [0.25, 0.3) is 5.92 Å². The van der Waals surface area contributed by atoms with Crippen LogP contribution in [0, 0.1) is 32.5 Å². The van der Waals surface area contributed by atoms with Gasteiger partial charge < -0.3 is 15.0 Å². The molecule has 3 aromatic rings. The molecule has 2 amide bonds. The number of nitrogens with one attached hydrogen (secondary N) is 1. The number of rotatable bonds is 6. The topological polar surface area (TPSA) is 92.6 Å². The van der Waals surface area contributed by atoms with Crippen LogP contribution in [0.3, 0.4) is 0 Å². The van der Waals surface area contributed by atoms with E-state index in [2.05, 4.69) is 15.6 Å². The standard InChI is InChI=1S/C32H39F3N6O3/c1-19-12-25(33)24-14-27(41(26(24)13-19)30(43)44-31(4,5)6)29(42)39-11-10-22(32(34,35)18-39)16-40-17-23(37-38-40)15-36-28-20(2)8-7-9-21(28)3/h7-9,12-13,17,22,27,36H,10-11,14-16,18H2,1-6H3. The molecular formula is C32H39F3N6O3. The normalized spacial score (nSPS) is 19.6. The van der Waals surface area contributed by atoms with Crippen LogP contribution in [0.1, 0.15) is 55.1 Å². The van der Waals surface area contributed by atoms with Gasteiger partial charge in [-0.1, -0.05) is 23.4 Å². The number of alkyl halides is 2. The number of amides is 2. The van der Waals surface area contributed by atoms with Gasteiger partial charge in [0.2, 0.25) is 5.91 Å². The first kappa shape index (κ1) is 31.3. The van der Waals surface area contributed by atoms with E-state index in [1.165, 1.54) is 10.7 Å². The van der Waals surface area contributed by atoms with Gasteiger partial charge in [-0.25, -0.2) is 18.0 Å². The van der Waals surface area contributed by atoms with Crippen molar-refractivity contribution in [3.63, 3.8) is 0 Å². The molecule has 236 valence electrons. The summed E-state index contributed by atoms with van der Waals surface area (Å²) in [5.74, 6) is -5.51. The van der Waals surface area contributed by atoms with E-state index in [9.17, 15) is 14.0 Å². The summed E-state index contributed by atoms with van der Waals surface area (Å²) in [6.07, 6.45) is 0.728. The second kappa shape index (κ2) is 11.8. The lowest BCUT2D eigenvalue weighted by molar-refractivity contribution is -0.153. The molecule has 44 heavy (non-hydrogen) atoms. The van der Waals surface area contributed by atoms with Crippen LogP contribution in [-0.2, 0) is 29.0 Å². The fourth-order valence-electron chi connectivity index (χ4n) is 5.97. The minimum atomic E-state index is -3.22. The van der Waals surface area contributed by atoms with Crippen molar-refractivity contribution in [2.45, 2.75) is 85.0 Å². The highest BCUT2D eigenvalue weighted by Crippen LogP contribution is 2.39. The Hall–Kier alpha value is -4.09.